The number of hydrogen-bond acceptors (Lipinski definition) is 6. The summed E-state index contributed by atoms with van der Waals surface area (Å²) in [5, 5.41) is 3.47. The van der Waals surface area contributed by atoms with Crippen molar-refractivity contribution in [3.05, 3.63) is 41.7 Å². The van der Waals surface area contributed by atoms with Crippen molar-refractivity contribution in [2.24, 2.45) is 4.99 Å². The smallest absolute Gasteiger partial charge is 0.161 e. The highest BCUT2D eigenvalue weighted by Gasteiger charge is 2.28. The lowest BCUT2D eigenvalue weighted by Gasteiger charge is -2.34. The predicted molar refractivity (Wildman–Crippen MR) is 101 cm³/mol. The minimum absolute atomic E-state index is 0.0554. The van der Waals surface area contributed by atoms with E-state index < -0.39 is 0 Å². The Balaban J connectivity index is 1.76. The molecule has 0 bridgehead atoms. The van der Waals surface area contributed by atoms with Crippen molar-refractivity contribution < 1.29 is 9.47 Å². The number of nitrogens with zero attached hydrogens (tertiary/aromatic N) is 3. The van der Waals surface area contributed by atoms with Gasteiger partial charge in [0.1, 0.15) is 6.17 Å². The van der Waals surface area contributed by atoms with Crippen LogP contribution in [-0.2, 0) is 0 Å². The first-order chi connectivity index (χ1) is 12.2. The first kappa shape index (κ1) is 17.2. The van der Waals surface area contributed by atoms with Gasteiger partial charge >= 0.3 is 0 Å². The van der Waals surface area contributed by atoms with E-state index in [4.69, 9.17) is 14.5 Å². The number of nitrogens with one attached hydrogen (secondary N) is 1. The van der Waals surface area contributed by atoms with Gasteiger partial charge in [-0.1, -0.05) is 12.1 Å². The summed E-state index contributed by atoms with van der Waals surface area (Å²) >= 11 is 0. The lowest BCUT2D eigenvalue weighted by Crippen LogP contribution is -2.44. The van der Waals surface area contributed by atoms with Crippen molar-refractivity contribution in [1.82, 2.24) is 15.1 Å². The molecule has 6 heteroatoms. The van der Waals surface area contributed by atoms with Gasteiger partial charge in [-0.05, 0) is 37.6 Å². The highest BCUT2D eigenvalue weighted by molar-refractivity contribution is 6.00. The lowest BCUT2D eigenvalue weighted by atomic mass is 10.2. The van der Waals surface area contributed by atoms with Crippen LogP contribution in [0.2, 0.25) is 0 Å². The molecule has 6 nitrogen and oxygen atoms in total. The molecule has 0 aromatic heterocycles. The third-order valence-electron chi connectivity index (χ3n) is 4.44. The van der Waals surface area contributed by atoms with E-state index in [0.29, 0.717) is 0 Å². The molecular formula is C19H26N4O2. The molecule has 1 unspecified atom stereocenters. The van der Waals surface area contributed by atoms with E-state index in [9.17, 15) is 0 Å². The van der Waals surface area contributed by atoms with Crippen LogP contribution in [0.15, 0.2) is 41.2 Å². The van der Waals surface area contributed by atoms with Crippen LogP contribution in [0, 0.1) is 0 Å². The van der Waals surface area contributed by atoms with E-state index >= 15 is 0 Å². The number of benzene rings is 1. The summed E-state index contributed by atoms with van der Waals surface area (Å²) in [5.74, 6) is 2.50. The zero-order chi connectivity index (χ0) is 17.8. The summed E-state index contributed by atoms with van der Waals surface area (Å²) in [4.78, 5) is 9.39. The molecule has 0 radical (unpaired) electrons. The summed E-state index contributed by atoms with van der Waals surface area (Å²) < 4.78 is 10.6. The van der Waals surface area contributed by atoms with Crippen LogP contribution in [0.3, 0.4) is 0 Å². The summed E-state index contributed by atoms with van der Waals surface area (Å²) in [6.07, 6.45) is 6.22. The molecule has 2 heterocycles. The maximum atomic E-state index is 5.36. The molecule has 0 fully saturated rings. The van der Waals surface area contributed by atoms with Gasteiger partial charge in [-0.3, -0.25) is 0 Å². The Bertz CT molecular complexity index is 711. The van der Waals surface area contributed by atoms with E-state index in [0.717, 1.165) is 48.4 Å². The molecular weight excluding hydrogens is 316 g/mol. The zero-order valence-corrected chi connectivity index (χ0v) is 15.3. The molecule has 3 rings (SSSR count). The minimum Gasteiger partial charge on any atom is -0.493 e. The molecule has 0 spiro atoms. The van der Waals surface area contributed by atoms with Crippen LogP contribution in [0.4, 0.5) is 0 Å². The van der Waals surface area contributed by atoms with Crippen LogP contribution >= 0.6 is 0 Å². The minimum atomic E-state index is -0.0554. The molecule has 2 aliphatic heterocycles. The van der Waals surface area contributed by atoms with Crippen LogP contribution in [0.1, 0.15) is 19.4 Å². The highest BCUT2D eigenvalue weighted by atomic mass is 16.5. The Hall–Kier alpha value is -2.63. The van der Waals surface area contributed by atoms with E-state index in [1.165, 1.54) is 0 Å². The molecule has 1 aromatic rings. The summed E-state index contributed by atoms with van der Waals surface area (Å²) in [7, 11) is 3.28. The van der Waals surface area contributed by atoms with Crippen LogP contribution < -0.4 is 14.8 Å². The number of amidine groups is 1. The number of hydrogen-bond donors (Lipinski definition) is 1. The van der Waals surface area contributed by atoms with E-state index in [1.807, 2.05) is 18.2 Å². The molecule has 25 heavy (non-hydrogen) atoms. The number of fused-ring (bicyclic) bond motifs is 1. The Morgan fingerprint density at radius 3 is 2.68 bits per heavy atom. The third kappa shape index (κ3) is 3.57. The molecule has 0 amide bonds. The third-order valence-corrected chi connectivity index (χ3v) is 4.44. The zero-order valence-electron chi connectivity index (χ0n) is 15.3. The van der Waals surface area contributed by atoms with Gasteiger partial charge in [0, 0.05) is 19.3 Å². The van der Waals surface area contributed by atoms with E-state index in [1.54, 1.807) is 14.2 Å². The monoisotopic (exact) mass is 342 g/mol. The fourth-order valence-electron chi connectivity index (χ4n) is 3.01. The summed E-state index contributed by atoms with van der Waals surface area (Å²) in [6, 6.07) is 5.87. The fourth-order valence-corrected chi connectivity index (χ4v) is 3.01. The second-order valence-electron chi connectivity index (χ2n) is 5.96. The normalized spacial score (nSPS) is 19.4. The second-order valence-corrected chi connectivity index (χ2v) is 5.96. The van der Waals surface area contributed by atoms with Gasteiger partial charge < -0.3 is 24.6 Å². The molecule has 0 saturated carbocycles. The van der Waals surface area contributed by atoms with Gasteiger partial charge in [0.15, 0.2) is 17.3 Å². The highest BCUT2D eigenvalue weighted by Crippen LogP contribution is 2.28. The standard InChI is InChI=1S/C19H26N4O2/c1-5-22-12-15-19(23(6-2)13-22)21-18(20-15)10-8-14-7-9-16(24-3)17(11-14)25-4/h7-12,18,20H,5-6,13H2,1-4H3/b10-8+. The van der Waals surface area contributed by atoms with Crippen LogP contribution in [0.5, 0.6) is 11.5 Å². The Morgan fingerprint density at radius 2 is 2.00 bits per heavy atom. The second kappa shape index (κ2) is 7.51. The van der Waals surface area contributed by atoms with E-state index in [-0.39, 0.29) is 6.17 Å². The van der Waals surface area contributed by atoms with Crippen molar-refractivity contribution in [2.45, 2.75) is 20.0 Å². The van der Waals surface area contributed by atoms with Crippen molar-refractivity contribution in [2.75, 3.05) is 34.0 Å². The molecule has 1 atom stereocenters. The first-order valence-electron chi connectivity index (χ1n) is 8.64. The molecule has 1 aromatic carbocycles. The largest absolute Gasteiger partial charge is 0.493 e. The predicted octanol–water partition coefficient (Wildman–Crippen LogP) is 2.50. The number of methoxy groups -OCH3 is 2. The topological polar surface area (TPSA) is 49.3 Å². The Morgan fingerprint density at radius 1 is 1.20 bits per heavy atom. The fraction of sp³-hybridized carbons (Fsp3) is 0.421. The van der Waals surface area contributed by atoms with Gasteiger partial charge in [0.2, 0.25) is 0 Å². The molecule has 134 valence electrons. The maximum Gasteiger partial charge on any atom is 0.161 e. The van der Waals surface area contributed by atoms with Crippen molar-refractivity contribution in [3.8, 4) is 11.5 Å². The molecule has 1 N–H and O–H groups in total. The van der Waals surface area contributed by atoms with E-state index in [2.05, 4.69) is 47.3 Å². The van der Waals surface area contributed by atoms with Gasteiger partial charge in [0.05, 0.1) is 26.6 Å². The molecule has 0 aliphatic carbocycles. The first-order valence-corrected chi connectivity index (χ1v) is 8.64. The molecule has 2 aliphatic rings. The summed E-state index contributed by atoms with van der Waals surface area (Å²) in [5.41, 5.74) is 2.14. The molecule has 0 saturated heterocycles. The van der Waals surface area contributed by atoms with Gasteiger partial charge in [0.25, 0.3) is 0 Å². The van der Waals surface area contributed by atoms with Gasteiger partial charge in [-0.15, -0.1) is 0 Å². The maximum absolute atomic E-state index is 5.36. The van der Waals surface area contributed by atoms with Gasteiger partial charge in [-0.25, -0.2) is 4.99 Å². The average molecular weight is 342 g/mol. The van der Waals surface area contributed by atoms with Crippen LogP contribution in [-0.4, -0.2) is 55.8 Å². The van der Waals surface area contributed by atoms with Crippen molar-refractivity contribution in [1.29, 1.82) is 0 Å². The Kier molecular flexibility index (Phi) is 5.16. The van der Waals surface area contributed by atoms with Gasteiger partial charge in [-0.2, -0.15) is 0 Å². The SMILES string of the molecule is CCN1C=C2NC(/C=C/c3ccc(OC)c(OC)c3)N=C2N(CC)C1. The number of likely N-dealkylation sites (N-methyl/N-ethyl adjacent to an activating group) is 1. The average Bonchev–Trinajstić information content (AvgIpc) is 3.08. The van der Waals surface area contributed by atoms with Crippen LogP contribution in [0.25, 0.3) is 6.08 Å². The number of aliphatic imine (C=N–C) groups is 1. The van der Waals surface area contributed by atoms with Crippen molar-refractivity contribution in [3.63, 3.8) is 0 Å². The Labute approximate surface area is 149 Å². The summed E-state index contributed by atoms with van der Waals surface area (Å²) in [6.45, 7) is 7.15. The number of ether oxygens (including phenoxy) is 2. The quantitative estimate of drug-likeness (QED) is 0.861. The lowest BCUT2D eigenvalue weighted by molar-refractivity contribution is 0.250. The number of rotatable bonds is 6. The van der Waals surface area contributed by atoms with Crippen molar-refractivity contribution >= 4 is 11.9 Å².